The van der Waals surface area contributed by atoms with Crippen LogP contribution in [0.3, 0.4) is 0 Å². The minimum Gasteiger partial charge on any atom is -0.495 e. The van der Waals surface area contributed by atoms with Crippen molar-refractivity contribution < 1.29 is 9.53 Å². The molecule has 0 aliphatic carbocycles. The molecule has 0 bridgehead atoms. The van der Waals surface area contributed by atoms with Crippen molar-refractivity contribution >= 4 is 28.0 Å². The summed E-state index contributed by atoms with van der Waals surface area (Å²) in [6, 6.07) is 7.97. The lowest BCUT2D eigenvalue weighted by Gasteiger charge is -2.01. The molecule has 0 amide bonds. The van der Waals surface area contributed by atoms with Gasteiger partial charge in [0.1, 0.15) is 10.6 Å². The second-order valence-electron chi connectivity index (χ2n) is 4.82. The van der Waals surface area contributed by atoms with Gasteiger partial charge in [-0.2, -0.15) is 0 Å². The summed E-state index contributed by atoms with van der Waals surface area (Å²) in [6.45, 7) is 2.05. The first-order valence-corrected chi connectivity index (χ1v) is 7.21. The Bertz CT molecular complexity index is 798. The SMILES string of the molecule is COc1ccsc1C(=O)c1cn(C)c2cc(C)ccc12. The van der Waals surface area contributed by atoms with Crippen LogP contribution in [0.25, 0.3) is 10.9 Å². The highest BCUT2D eigenvalue weighted by Crippen LogP contribution is 2.30. The van der Waals surface area contributed by atoms with Gasteiger partial charge in [0, 0.05) is 29.7 Å². The van der Waals surface area contributed by atoms with E-state index in [-0.39, 0.29) is 5.78 Å². The van der Waals surface area contributed by atoms with Crippen molar-refractivity contribution in [1.82, 2.24) is 4.57 Å². The van der Waals surface area contributed by atoms with Gasteiger partial charge in [-0.05, 0) is 30.0 Å². The summed E-state index contributed by atoms with van der Waals surface area (Å²) in [7, 11) is 3.55. The monoisotopic (exact) mass is 285 g/mol. The lowest BCUT2D eigenvalue weighted by molar-refractivity contribution is 0.104. The zero-order valence-electron chi connectivity index (χ0n) is 11.6. The normalized spacial score (nSPS) is 10.9. The van der Waals surface area contributed by atoms with Crippen LogP contribution in [0, 0.1) is 6.92 Å². The average molecular weight is 285 g/mol. The fourth-order valence-electron chi connectivity index (χ4n) is 2.42. The first-order chi connectivity index (χ1) is 9.61. The molecular formula is C16H15NO2S. The molecule has 3 nitrogen and oxygen atoms in total. The van der Waals surface area contributed by atoms with E-state index >= 15 is 0 Å². The van der Waals surface area contributed by atoms with Gasteiger partial charge in [-0.3, -0.25) is 4.79 Å². The summed E-state index contributed by atoms with van der Waals surface area (Å²) >= 11 is 1.41. The molecule has 0 unspecified atom stereocenters. The Kier molecular flexibility index (Phi) is 3.10. The van der Waals surface area contributed by atoms with E-state index in [1.54, 1.807) is 7.11 Å². The summed E-state index contributed by atoms with van der Waals surface area (Å²) in [5, 5.41) is 2.86. The van der Waals surface area contributed by atoms with E-state index in [0.29, 0.717) is 10.6 Å². The minimum absolute atomic E-state index is 0.0197. The summed E-state index contributed by atoms with van der Waals surface area (Å²) in [4.78, 5) is 13.4. The van der Waals surface area contributed by atoms with Crippen LogP contribution in [0.4, 0.5) is 0 Å². The third-order valence-corrected chi connectivity index (χ3v) is 4.34. The number of ether oxygens (including phenoxy) is 1. The van der Waals surface area contributed by atoms with Gasteiger partial charge >= 0.3 is 0 Å². The molecule has 0 spiro atoms. The predicted molar refractivity (Wildman–Crippen MR) is 82.0 cm³/mol. The molecule has 0 fully saturated rings. The van der Waals surface area contributed by atoms with E-state index in [9.17, 15) is 4.79 Å². The number of rotatable bonds is 3. The van der Waals surface area contributed by atoms with Crippen LogP contribution in [0.5, 0.6) is 5.75 Å². The van der Waals surface area contributed by atoms with Gasteiger partial charge in [-0.1, -0.05) is 12.1 Å². The lowest BCUT2D eigenvalue weighted by atomic mass is 10.1. The Balaban J connectivity index is 2.18. The number of thiophene rings is 1. The van der Waals surface area contributed by atoms with Gasteiger partial charge < -0.3 is 9.30 Å². The molecule has 20 heavy (non-hydrogen) atoms. The Morgan fingerprint density at radius 1 is 1.30 bits per heavy atom. The third kappa shape index (κ3) is 1.93. The molecule has 3 rings (SSSR count). The molecule has 102 valence electrons. The Labute approximate surface area is 121 Å². The third-order valence-electron chi connectivity index (χ3n) is 3.45. The van der Waals surface area contributed by atoms with Gasteiger partial charge in [0.05, 0.1) is 7.11 Å². The van der Waals surface area contributed by atoms with E-state index in [4.69, 9.17) is 4.74 Å². The average Bonchev–Trinajstić information content (AvgIpc) is 3.03. The summed E-state index contributed by atoms with van der Waals surface area (Å²) in [5.41, 5.74) is 2.98. The van der Waals surface area contributed by atoms with Crippen LogP contribution < -0.4 is 4.74 Å². The maximum Gasteiger partial charge on any atom is 0.208 e. The number of nitrogens with zero attached hydrogens (tertiary/aromatic N) is 1. The number of hydrogen-bond acceptors (Lipinski definition) is 3. The van der Waals surface area contributed by atoms with Crippen molar-refractivity contribution in [2.45, 2.75) is 6.92 Å². The molecule has 2 aromatic heterocycles. The molecule has 0 saturated heterocycles. The first-order valence-electron chi connectivity index (χ1n) is 6.33. The maximum atomic E-state index is 12.7. The highest BCUT2D eigenvalue weighted by atomic mass is 32.1. The standard InChI is InChI=1S/C16H15NO2S/c1-10-4-5-11-12(9-17(2)13(11)8-10)15(18)16-14(19-3)6-7-20-16/h4-9H,1-3H3. The smallest absolute Gasteiger partial charge is 0.208 e. The van der Waals surface area contributed by atoms with Crippen molar-refractivity contribution in [1.29, 1.82) is 0 Å². The fourth-order valence-corrected chi connectivity index (χ4v) is 3.23. The summed E-state index contributed by atoms with van der Waals surface area (Å²) in [5.74, 6) is 0.662. The number of benzene rings is 1. The van der Waals surface area contributed by atoms with E-state index in [1.165, 1.54) is 16.9 Å². The van der Waals surface area contributed by atoms with Gasteiger partial charge in [-0.15, -0.1) is 11.3 Å². The second-order valence-corrected chi connectivity index (χ2v) is 5.74. The van der Waals surface area contributed by atoms with Gasteiger partial charge in [0.2, 0.25) is 5.78 Å². The van der Waals surface area contributed by atoms with Crippen molar-refractivity contribution in [3.05, 3.63) is 51.8 Å². The van der Waals surface area contributed by atoms with Gasteiger partial charge in [0.25, 0.3) is 0 Å². The van der Waals surface area contributed by atoms with Crippen molar-refractivity contribution in [2.24, 2.45) is 7.05 Å². The number of aromatic nitrogens is 1. The van der Waals surface area contributed by atoms with Crippen molar-refractivity contribution in [3.8, 4) is 5.75 Å². The van der Waals surface area contributed by atoms with E-state index < -0.39 is 0 Å². The number of ketones is 1. The second kappa shape index (κ2) is 4.80. The predicted octanol–water partition coefficient (Wildman–Crippen LogP) is 3.79. The van der Waals surface area contributed by atoms with E-state index in [2.05, 4.69) is 13.0 Å². The maximum absolute atomic E-state index is 12.7. The number of carbonyl (C=O) groups excluding carboxylic acids is 1. The Morgan fingerprint density at radius 2 is 2.10 bits per heavy atom. The molecule has 0 aliphatic rings. The van der Waals surface area contributed by atoms with Crippen LogP contribution in [0.1, 0.15) is 20.8 Å². The van der Waals surface area contributed by atoms with Crippen LogP contribution in [0.15, 0.2) is 35.8 Å². The van der Waals surface area contributed by atoms with Crippen LogP contribution in [-0.2, 0) is 7.05 Å². The van der Waals surface area contributed by atoms with Crippen molar-refractivity contribution in [3.63, 3.8) is 0 Å². The molecular weight excluding hydrogens is 270 g/mol. The summed E-state index contributed by atoms with van der Waals surface area (Å²) < 4.78 is 7.24. The lowest BCUT2D eigenvalue weighted by Crippen LogP contribution is -2.00. The van der Waals surface area contributed by atoms with Gasteiger partial charge in [-0.25, -0.2) is 0 Å². The number of fused-ring (bicyclic) bond motifs is 1. The quantitative estimate of drug-likeness (QED) is 0.686. The first kappa shape index (κ1) is 12.9. The molecule has 0 saturated carbocycles. The number of hydrogen-bond donors (Lipinski definition) is 0. The zero-order chi connectivity index (χ0) is 14.3. The van der Waals surface area contributed by atoms with Crippen LogP contribution in [0.2, 0.25) is 0 Å². The Morgan fingerprint density at radius 3 is 2.85 bits per heavy atom. The number of carbonyl (C=O) groups is 1. The number of aryl methyl sites for hydroxylation is 2. The van der Waals surface area contributed by atoms with Gasteiger partial charge in [0.15, 0.2) is 0 Å². The minimum atomic E-state index is 0.0197. The highest BCUT2D eigenvalue weighted by molar-refractivity contribution is 7.12. The van der Waals surface area contributed by atoms with Crippen molar-refractivity contribution in [2.75, 3.05) is 7.11 Å². The molecule has 0 N–H and O–H groups in total. The van der Waals surface area contributed by atoms with Crippen LogP contribution in [-0.4, -0.2) is 17.5 Å². The summed E-state index contributed by atoms with van der Waals surface area (Å²) in [6.07, 6.45) is 1.89. The molecule has 0 atom stereocenters. The zero-order valence-corrected chi connectivity index (χ0v) is 12.5. The largest absolute Gasteiger partial charge is 0.495 e. The Hall–Kier alpha value is -2.07. The van der Waals surface area contributed by atoms with Crippen LogP contribution >= 0.6 is 11.3 Å². The van der Waals surface area contributed by atoms with E-state index in [1.807, 2.05) is 41.4 Å². The molecule has 4 heteroatoms. The van der Waals surface area contributed by atoms with E-state index in [0.717, 1.165) is 16.5 Å². The molecule has 0 radical (unpaired) electrons. The molecule has 2 heterocycles. The number of methoxy groups -OCH3 is 1. The fraction of sp³-hybridized carbons (Fsp3) is 0.188. The highest BCUT2D eigenvalue weighted by Gasteiger charge is 2.20. The molecule has 0 aliphatic heterocycles. The topological polar surface area (TPSA) is 31.2 Å². The molecule has 1 aromatic carbocycles. The molecule has 3 aromatic rings.